The van der Waals surface area contributed by atoms with Gasteiger partial charge in [0.05, 0.1) is 10.6 Å². The highest BCUT2D eigenvalue weighted by Gasteiger charge is 2.28. The van der Waals surface area contributed by atoms with E-state index in [1.807, 2.05) is 19.1 Å². The van der Waals surface area contributed by atoms with E-state index in [1.54, 1.807) is 42.5 Å². The van der Waals surface area contributed by atoms with Crippen LogP contribution in [0.3, 0.4) is 0 Å². The zero-order valence-electron chi connectivity index (χ0n) is 17.6. The van der Waals surface area contributed by atoms with Gasteiger partial charge in [-0.1, -0.05) is 69.5 Å². The minimum atomic E-state index is -3.86. The van der Waals surface area contributed by atoms with Crippen LogP contribution in [-0.4, -0.2) is 27.4 Å². The van der Waals surface area contributed by atoms with Crippen LogP contribution in [0.4, 0.5) is 5.69 Å². The van der Waals surface area contributed by atoms with Gasteiger partial charge in [-0.15, -0.1) is 0 Å². The second kappa shape index (κ2) is 11.0. The van der Waals surface area contributed by atoms with Crippen molar-refractivity contribution in [1.29, 1.82) is 0 Å². The van der Waals surface area contributed by atoms with Crippen molar-refractivity contribution in [2.75, 3.05) is 17.4 Å². The number of hydrogen-bond donors (Lipinski definition) is 1. The summed E-state index contributed by atoms with van der Waals surface area (Å²) >= 11 is 0. The Kier molecular flexibility index (Phi) is 8.70. The topological polar surface area (TPSA) is 66.5 Å². The molecule has 5 nitrogen and oxygen atoms in total. The molecule has 1 N–H and O–H groups in total. The number of anilines is 1. The largest absolute Gasteiger partial charge is 0.354 e. The number of benzene rings is 2. The maximum Gasteiger partial charge on any atom is 0.264 e. The molecule has 0 heterocycles. The van der Waals surface area contributed by atoms with Gasteiger partial charge in [0.25, 0.3) is 10.0 Å². The van der Waals surface area contributed by atoms with Gasteiger partial charge in [-0.25, -0.2) is 8.42 Å². The number of para-hydroxylation sites is 1. The molecule has 2 aromatic rings. The van der Waals surface area contributed by atoms with Gasteiger partial charge in [0.2, 0.25) is 5.91 Å². The third-order valence-electron chi connectivity index (χ3n) is 5.13. The lowest BCUT2D eigenvalue weighted by atomic mass is 9.99. The second-order valence-electron chi connectivity index (χ2n) is 7.33. The molecular weight excluding hydrogens is 384 g/mol. The van der Waals surface area contributed by atoms with E-state index in [1.165, 1.54) is 4.31 Å². The maximum atomic E-state index is 13.3. The Bertz CT molecular complexity index is 882. The molecular formula is C23H32N2O3S. The predicted molar refractivity (Wildman–Crippen MR) is 118 cm³/mol. The second-order valence-corrected chi connectivity index (χ2v) is 9.19. The molecule has 0 aliphatic heterocycles. The fourth-order valence-electron chi connectivity index (χ4n) is 3.25. The van der Waals surface area contributed by atoms with Crippen molar-refractivity contribution >= 4 is 21.6 Å². The average molecular weight is 417 g/mol. The molecule has 1 amide bonds. The summed E-state index contributed by atoms with van der Waals surface area (Å²) in [7, 11) is -3.86. The highest BCUT2D eigenvalue weighted by atomic mass is 32.2. The van der Waals surface area contributed by atoms with Crippen molar-refractivity contribution in [2.24, 2.45) is 5.92 Å². The average Bonchev–Trinajstić information content (AvgIpc) is 2.73. The van der Waals surface area contributed by atoms with Crippen LogP contribution in [0.15, 0.2) is 59.5 Å². The third kappa shape index (κ3) is 6.32. The van der Waals surface area contributed by atoms with Crippen molar-refractivity contribution < 1.29 is 13.2 Å². The van der Waals surface area contributed by atoms with Crippen LogP contribution in [0.1, 0.15) is 45.1 Å². The van der Waals surface area contributed by atoms with Crippen LogP contribution < -0.4 is 9.62 Å². The molecule has 0 saturated carbocycles. The number of hydrogen-bond acceptors (Lipinski definition) is 3. The summed E-state index contributed by atoms with van der Waals surface area (Å²) in [5, 5.41) is 2.94. The number of nitrogens with zero attached hydrogens (tertiary/aromatic N) is 1. The molecule has 0 unspecified atom stereocenters. The van der Waals surface area contributed by atoms with Crippen molar-refractivity contribution in [2.45, 2.75) is 51.3 Å². The summed E-state index contributed by atoms with van der Waals surface area (Å²) in [5.41, 5.74) is 1.32. The van der Waals surface area contributed by atoms with Gasteiger partial charge < -0.3 is 5.32 Å². The fourth-order valence-corrected chi connectivity index (χ4v) is 4.76. The summed E-state index contributed by atoms with van der Waals surface area (Å²) in [6, 6.07) is 15.5. The van der Waals surface area contributed by atoms with Crippen LogP contribution in [0.2, 0.25) is 0 Å². The Balaban J connectivity index is 2.23. The molecule has 0 bridgehead atoms. The SMILES string of the molecule is CCCC[C@@H](CC)CNC(=O)CN(c1ccccc1C)S(=O)(=O)c1ccccc1. The molecule has 158 valence electrons. The van der Waals surface area contributed by atoms with Gasteiger partial charge in [0.15, 0.2) is 0 Å². The molecule has 2 rings (SSSR count). The summed E-state index contributed by atoms with van der Waals surface area (Å²) in [4.78, 5) is 12.9. The zero-order chi connectivity index (χ0) is 21.3. The van der Waals surface area contributed by atoms with Gasteiger partial charge in [-0.3, -0.25) is 9.10 Å². The Hall–Kier alpha value is -2.34. The fraction of sp³-hybridized carbons (Fsp3) is 0.435. The van der Waals surface area contributed by atoms with Crippen molar-refractivity contribution in [3.63, 3.8) is 0 Å². The first kappa shape index (κ1) is 22.9. The standard InChI is InChI=1S/C23H32N2O3S/c1-4-6-13-20(5-2)17-24-23(26)18-25(22-16-11-10-12-19(22)3)29(27,28)21-14-8-7-9-15-21/h7-12,14-16,20H,4-6,13,17-18H2,1-3H3,(H,24,26)/t20-/m1/s1. The molecule has 0 aliphatic rings. The first-order valence-corrected chi connectivity index (χ1v) is 11.7. The third-order valence-corrected chi connectivity index (χ3v) is 6.91. The summed E-state index contributed by atoms with van der Waals surface area (Å²) < 4.78 is 27.8. The van der Waals surface area contributed by atoms with E-state index >= 15 is 0 Å². The molecule has 0 fully saturated rings. The quantitative estimate of drug-likeness (QED) is 0.585. The number of aryl methyl sites for hydroxylation is 1. The smallest absolute Gasteiger partial charge is 0.264 e. The molecule has 6 heteroatoms. The highest BCUT2D eigenvalue weighted by molar-refractivity contribution is 7.92. The van der Waals surface area contributed by atoms with Crippen LogP contribution in [0.25, 0.3) is 0 Å². The minimum absolute atomic E-state index is 0.172. The summed E-state index contributed by atoms with van der Waals surface area (Å²) in [6.45, 7) is 6.44. The van der Waals surface area contributed by atoms with E-state index in [9.17, 15) is 13.2 Å². The number of carbonyl (C=O) groups excluding carboxylic acids is 1. The van der Waals surface area contributed by atoms with E-state index in [-0.39, 0.29) is 17.3 Å². The number of unbranched alkanes of at least 4 members (excludes halogenated alkanes) is 1. The van der Waals surface area contributed by atoms with E-state index in [2.05, 4.69) is 19.2 Å². The normalized spacial score (nSPS) is 12.4. The Morgan fingerprint density at radius 3 is 2.31 bits per heavy atom. The lowest BCUT2D eigenvalue weighted by Gasteiger charge is -2.26. The summed E-state index contributed by atoms with van der Waals surface area (Å²) in [5.74, 6) is 0.124. The van der Waals surface area contributed by atoms with Crippen molar-refractivity contribution in [3.05, 3.63) is 60.2 Å². The number of sulfonamides is 1. The first-order chi connectivity index (χ1) is 13.9. The predicted octanol–water partition coefficient (Wildman–Crippen LogP) is 4.52. The maximum absolute atomic E-state index is 13.3. The number of rotatable bonds is 11. The van der Waals surface area contributed by atoms with Gasteiger partial charge >= 0.3 is 0 Å². The van der Waals surface area contributed by atoms with Gasteiger partial charge in [0.1, 0.15) is 6.54 Å². The zero-order valence-corrected chi connectivity index (χ0v) is 18.4. The van der Waals surface area contributed by atoms with Crippen molar-refractivity contribution in [1.82, 2.24) is 5.32 Å². The monoisotopic (exact) mass is 416 g/mol. The van der Waals surface area contributed by atoms with Crippen molar-refractivity contribution in [3.8, 4) is 0 Å². The molecule has 0 radical (unpaired) electrons. The van der Waals surface area contributed by atoms with Crippen LogP contribution in [-0.2, 0) is 14.8 Å². The number of amides is 1. The highest BCUT2D eigenvalue weighted by Crippen LogP contribution is 2.26. The molecule has 0 saturated heterocycles. The molecule has 0 spiro atoms. The van der Waals surface area contributed by atoms with Gasteiger partial charge in [0, 0.05) is 6.54 Å². The van der Waals surface area contributed by atoms with E-state index in [4.69, 9.17) is 0 Å². The Morgan fingerprint density at radius 2 is 1.69 bits per heavy atom. The lowest BCUT2D eigenvalue weighted by Crippen LogP contribution is -2.42. The molecule has 29 heavy (non-hydrogen) atoms. The molecule has 0 aliphatic carbocycles. The van der Waals surface area contributed by atoms with Crippen LogP contribution in [0, 0.1) is 12.8 Å². The Labute approximate surface area is 175 Å². The van der Waals surface area contributed by atoms with Crippen LogP contribution >= 0.6 is 0 Å². The van der Waals surface area contributed by atoms with Gasteiger partial charge in [-0.05, 0) is 43.0 Å². The molecule has 0 aromatic heterocycles. The minimum Gasteiger partial charge on any atom is -0.354 e. The Morgan fingerprint density at radius 1 is 1.03 bits per heavy atom. The summed E-state index contributed by atoms with van der Waals surface area (Å²) in [6.07, 6.45) is 4.31. The van der Waals surface area contributed by atoms with Gasteiger partial charge in [-0.2, -0.15) is 0 Å². The molecule has 2 aromatic carbocycles. The van der Waals surface area contributed by atoms with E-state index in [0.717, 1.165) is 31.2 Å². The lowest BCUT2D eigenvalue weighted by molar-refractivity contribution is -0.119. The number of carbonyl (C=O) groups is 1. The van der Waals surface area contributed by atoms with E-state index in [0.29, 0.717) is 18.2 Å². The van der Waals surface area contributed by atoms with E-state index < -0.39 is 10.0 Å². The molecule has 1 atom stereocenters. The number of nitrogens with one attached hydrogen (secondary N) is 1. The van der Waals surface area contributed by atoms with Crippen LogP contribution in [0.5, 0.6) is 0 Å². The first-order valence-electron chi connectivity index (χ1n) is 10.3.